The lowest BCUT2D eigenvalue weighted by atomic mass is 10.0. The molecule has 0 saturated heterocycles. The molecule has 18 heavy (non-hydrogen) atoms. The van der Waals surface area contributed by atoms with Gasteiger partial charge >= 0.3 is 0 Å². The minimum absolute atomic E-state index is 0.0689. The lowest BCUT2D eigenvalue weighted by Crippen LogP contribution is -1.94. The Kier molecular flexibility index (Phi) is 4.50. The number of benzene rings is 2. The number of ketones is 1. The van der Waals surface area contributed by atoms with E-state index >= 15 is 0 Å². The van der Waals surface area contributed by atoms with Crippen molar-refractivity contribution in [2.24, 2.45) is 0 Å². The molecule has 3 heteroatoms. The zero-order chi connectivity index (χ0) is 13.0. The summed E-state index contributed by atoms with van der Waals surface area (Å²) in [5.41, 5.74) is 0.745. The zero-order valence-electron chi connectivity index (χ0n) is 10.3. The highest BCUT2D eigenvalue weighted by Crippen LogP contribution is 2.24. The van der Waals surface area contributed by atoms with Gasteiger partial charge in [-0.3, -0.25) is 4.79 Å². The third-order valence-electron chi connectivity index (χ3n) is 2.69. The van der Waals surface area contributed by atoms with Gasteiger partial charge in [0.2, 0.25) is 0 Å². The summed E-state index contributed by atoms with van der Waals surface area (Å²) in [6.07, 6.45) is 5.67. The Morgan fingerprint density at radius 2 is 1.67 bits per heavy atom. The second-order valence-corrected chi connectivity index (χ2v) is 5.75. The van der Waals surface area contributed by atoms with Gasteiger partial charge in [0.15, 0.2) is 5.78 Å². The van der Waals surface area contributed by atoms with E-state index in [1.807, 2.05) is 48.9 Å². The van der Waals surface area contributed by atoms with Crippen molar-refractivity contribution in [3.8, 4) is 0 Å². The van der Waals surface area contributed by atoms with Gasteiger partial charge in [-0.05, 0) is 29.4 Å². The molecule has 0 N–H and O–H groups in total. The Hall–Kier alpha value is -1.19. The average Bonchev–Trinajstić information content (AvgIpc) is 2.44. The molecule has 0 fully saturated rings. The lowest BCUT2D eigenvalue weighted by molar-refractivity contribution is 0.104. The summed E-state index contributed by atoms with van der Waals surface area (Å²) in [5.74, 6) is 0.0689. The third kappa shape index (κ3) is 2.98. The monoisotopic (exact) mass is 274 g/mol. The normalized spacial score (nSPS) is 10.3. The van der Waals surface area contributed by atoms with Crippen LogP contribution in [0.3, 0.4) is 0 Å². The van der Waals surface area contributed by atoms with Crippen molar-refractivity contribution in [2.75, 3.05) is 12.5 Å². The van der Waals surface area contributed by atoms with E-state index in [0.29, 0.717) is 0 Å². The predicted molar refractivity (Wildman–Crippen MR) is 83.4 cm³/mol. The van der Waals surface area contributed by atoms with Crippen molar-refractivity contribution in [3.05, 3.63) is 58.3 Å². The van der Waals surface area contributed by atoms with Crippen molar-refractivity contribution in [3.63, 3.8) is 0 Å². The van der Waals surface area contributed by atoms with Gasteiger partial charge in [0.25, 0.3) is 0 Å². The number of thioether (sulfide) groups is 2. The molecule has 2 aromatic carbocycles. The highest BCUT2D eigenvalue weighted by atomic mass is 32.2. The molecule has 1 nitrogen and oxygen atoms in total. The molecule has 0 bridgehead atoms. The molecule has 2 rings (SSSR count). The van der Waals surface area contributed by atoms with Crippen LogP contribution in [0.5, 0.6) is 0 Å². The first-order chi connectivity index (χ1) is 8.74. The van der Waals surface area contributed by atoms with Gasteiger partial charge in [0.05, 0.1) is 0 Å². The highest BCUT2D eigenvalue weighted by Gasteiger charge is 2.05. The van der Waals surface area contributed by atoms with Gasteiger partial charge < -0.3 is 0 Å². The van der Waals surface area contributed by atoms with Crippen molar-refractivity contribution in [2.45, 2.75) is 0 Å². The summed E-state index contributed by atoms with van der Waals surface area (Å²) in [5, 5.41) is 2.26. The number of fused-ring (bicyclic) bond motifs is 1. The van der Waals surface area contributed by atoms with Gasteiger partial charge in [0, 0.05) is 15.9 Å². The Labute approximate surface area is 116 Å². The van der Waals surface area contributed by atoms with Crippen LogP contribution >= 0.6 is 23.5 Å². The van der Waals surface area contributed by atoms with Crippen LogP contribution in [0.15, 0.2) is 52.8 Å². The van der Waals surface area contributed by atoms with Crippen LogP contribution in [-0.4, -0.2) is 18.3 Å². The fraction of sp³-hybridized carbons (Fsp3) is 0.133. The molecule has 0 unspecified atom stereocenters. The van der Waals surface area contributed by atoms with Gasteiger partial charge in [-0.2, -0.15) is 0 Å². The number of hydrogen-bond acceptors (Lipinski definition) is 3. The molecular formula is C15H14OS2. The van der Waals surface area contributed by atoms with Crippen LogP contribution in [0.1, 0.15) is 10.4 Å². The summed E-state index contributed by atoms with van der Waals surface area (Å²) in [6.45, 7) is 0. The Morgan fingerprint density at radius 3 is 2.33 bits per heavy atom. The molecule has 0 aliphatic carbocycles. The van der Waals surface area contributed by atoms with Crippen molar-refractivity contribution >= 4 is 40.1 Å². The van der Waals surface area contributed by atoms with E-state index in [2.05, 4.69) is 6.07 Å². The first kappa shape index (κ1) is 13.2. The molecule has 0 saturated carbocycles. The minimum atomic E-state index is 0.0689. The Bertz CT molecular complexity index is 596. The SMILES string of the molecule is CSC(=CC(=O)c1ccc2ccccc2c1)SC. The largest absolute Gasteiger partial charge is 0.289 e. The van der Waals surface area contributed by atoms with E-state index < -0.39 is 0 Å². The first-order valence-electron chi connectivity index (χ1n) is 5.57. The molecule has 92 valence electrons. The number of rotatable bonds is 4. The van der Waals surface area contributed by atoms with Gasteiger partial charge in [0.1, 0.15) is 0 Å². The van der Waals surface area contributed by atoms with E-state index in [0.717, 1.165) is 20.6 Å². The summed E-state index contributed by atoms with van der Waals surface area (Å²) in [7, 11) is 0. The first-order valence-corrected chi connectivity index (χ1v) is 8.02. The smallest absolute Gasteiger partial charge is 0.187 e. The van der Waals surface area contributed by atoms with Crippen molar-refractivity contribution in [1.29, 1.82) is 0 Å². The molecule has 0 heterocycles. The fourth-order valence-electron chi connectivity index (χ4n) is 1.73. The molecule has 0 spiro atoms. The molecule has 0 atom stereocenters. The van der Waals surface area contributed by atoms with E-state index in [9.17, 15) is 4.79 Å². The van der Waals surface area contributed by atoms with Gasteiger partial charge in [-0.1, -0.05) is 36.4 Å². The average molecular weight is 274 g/mol. The number of allylic oxidation sites excluding steroid dienone is 1. The topological polar surface area (TPSA) is 17.1 Å². The highest BCUT2D eigenvalue weighted by molar-refractivity contribution is 8.21. The minimum Gasteiger partial charge on any atom is -0.289 e. The second-order valence-electron chi connectivity index (χ2n) is 3.80. The van der Waals surface area contributed by atoms with E-state index in [-0.39, 0.29) is 5.78 Å². The molecule has 2 aromatic rings. The number of hydrogen-bond donors (Lipinski definition) is 0. The fourth-order valence-corrected chi connectivity index (χ4v) is 2.85. The van der Waals surface area contributed by atoms with E-state index in [4.69, 9.17) is 0 Å². The van der Waals surface area contributed by atoms with E-state index in [1.54, 1.807) is 29.6 Å². The number of carbonyl (C=O) groups excluding carboxylic acids is 1. The maximum atomic E-state index is 12.1. The Balaban J connectivity index is 2.36. The lowest BCUT2D eigenvalue weighted by Gasteiger charge is -2.02. The van der Waals surface area contributed by atoms with Crippen LogP contribution < -0.4 is 0 Å². The van der Waals surface area contributed by atoms with Crippen LogP contribution in [0.4, 0.5) is 0 Å². The summed E-state index contributed by atoms with van der Waals surface area (Å²) < 4.78 is 1.04. The van der Waals surface area contributed by atoms with Crippen LogP contribution in [0.25, 0.3) is 10.8 Å². The maximum Gasteiger partial charge on any atom is 0.187 e. The second kappa shape index (κ2) is 6.12. The van der Waals surface area contributed by atoms with Crippen LogP contribution in [0.2, 0.25) is 0 Å². The van der Waals surface area contributed by atoms with E-state index in [1.165, 1.54) is 0 Å². The van der Waals surface area contributed by atoms with Crippen LogP contribution in [0, 0.1) is 0 Å². The number of carbonyl (C=O) groups is 1. The standard InChI is InChI=1S/C15H14OS2/c1-17-15(18-2)10-14(16)13-8-7-11-5-3-4-6-12(11)9-13/h3-10H,1-2H3. The molecular weight excluding hydrogens is 260 g/mol. The van der Waals surface area contributed by atoms with Crippen LogP contribution in [-0.2, 0) is 0 Å². The molecule has 0 aliphatic rings. The zero-order valence-corrected chi connectivity index (χ0v) is 12.0. The molecule has 0 radical (unpaired) electrons. The Morgan fingerprint density at radius 1 is 1.00 bits per heavy atom. The van der Waals surface area contributed by atoms with Crippen molar-refractivity contribution < 1.29 is 4.79 Å². The summed E-state index contributed by atoms with van der Waals surface area (Å²) in [6, 6.07) is 13.9. The summed E-state index contributed by atoms with van der Waals surface area (Å²) in [4.78, 5) is 12.1. The predicted octanol–water partition coefficient (Wildman–Crippen LogP) is 4.59. The molecule has 0 aliphatic heterocycles. The summed E-state index contributed by atoms with van der Waals surface area (Å²) >= 11 is 3.20. The third-order valence-corrected chi connectivity index (χ3v) is 4.73. The van der Waals surface area contributed by atoms with Crippen molar-refractivity contribution in [1.82, 2.24) is 0 Å². The molecule has 0 amide bonds. The van der Waals surface area contributed by atoms with Gasteiger partial charge in [-0.15, -0.1) is 23.5 Å². The quantitative estimate of drug-likeness (QED) is 0.599. The molecule has 0 aromatic heterocycles. The maximum absolute atomic E-state index is 12.1. The van der Waals surface area contributed by atoms with Gasteiger partial charge in [-0.25, -0.2) is 0 Å².